The van der Waals surface area contributed by atoms with Crippen LogP contribution in [0.5, 0.6) is 5.75 Å². The van der Waals surface area contributed by atoms with E-state index >= 15 is 0 Å². The third kappa shape index (κ3) is 3.58. The summed E-state index contributed by atoms with van der Waals surface area (Å²) in [5.41, 5.74) is 5.97. The van der Waals surface area contributed by atoms with Gasteiger partial charge in [-0.15, -0.1) is 0 Å². The molecule has 156 valence electrons. The van der Waals surface area contributed by atoms with E-state index < -0.39 is 0 Å². The molecule has 5 rings (SSSR count). The zero-order valence-corrected chi connectivity index (χ0v) is 17.9. The van der Waals surface area contributed by atoms with Crippen molar-refractivity contribution in [3.63, 3.8) is 0 Å². The molecule has 0 spiro atoms. The Labute approximate surface area is 187 Å². The molecule has 0 amide bonds. The van der Waals surface area contributed by atoms with E-state index in [4.69, 9.17) is 4.74 Å². The number of benzene rings is 4. The van der Waals surface area contributed by atoms with E-state index in [1.165, 1.54) is 5.56 Å². The molecule has 3 nitrogen and oxygen atoms in total. The lowest BCUT2D eigenvalue weighted by Crippen LogP contribution is -2.23. The fourth-order valence-corrected chi connectivity index (χ4v) is 4.24. The number of para-hydroxylation sites is 1. The van der Waals surface area contributed by atoms with Crippen LogP contribution in [0.15, 0.2) is 114 Å². The van der Waals surface area contributed by atoms with Crippen LogP contribution in [0.3, 0.4) is 0 Å². The van der Waals surface area contributed by atoms with Crippen LogP contribution in [0.25, 0.3) is 33.2 Å². The lowest BCUT2D eigenvalue weighted by molar-refractivity contribution is 0.407. The molecule has 0 aliphatic heterocycles. The number of pyridine rings is 1. The van der Waals surface area contributed by atoms with E-state index in [2.05, 4.69) is 42.5 Å². The number of hydrogen-bond donors (Lipinski definition) is 0. The summed E-state index contributed by atoms with van der Waals surface area (Å²) >= 11 is 0. The molecule has 0 N–H and O–H groups in total. The van der Waals surface area contributed by atoms with Gasteiger partial charge in [-0.3, -0.25) is 4.79 Å². The molecule has 3 heteroatoms. The summed E-state index contributed by atoms with van der Waals surface area (Å²) in [5, 5.41) is 0.996. The van der Waals surface area contributed by atoms with Gasteiger partial charge in [-0.05, 0) is 28.3 Å². The van der Waals surface area contributed by atoms with Crippen LogP contribution in [0.2, 0.25) is 0 Å². The monoisotopic (exact) mass is 417 g/mol. The van der Waals surface area contributed by atoms with E-state index in [9.17, 15) is 4.79 Å². The second-order valence-electron chi connectivity index (χ2n) is 7.75. The second kappa shape index (κ2) is 8.56. The van der Waals surface area contributed by atoms with E-state index in [-0.39, 0.29) is 5.56 Å². The largest absolute Gasteiger partial charge is 0.491 e. The molecular weight excluding hydrogens is 394 g/mol. The Morgan fingerprint density at radius 1 is 0.656 bits per heavy atom. The molecule has 4 aromatic carbocycles. The summed E-state index contributed by atoms with van der Waals surface area (Å²) < 4.78 is 7.46. The highest BCUT2D eigenvalue weighted by Gasteiger charge is 2.18. The third-order valence-electron chi connectivity index (χ3n) is 5.80. The number of methoxy groups -OCH3 is 1. The predicted molar refractivity (Wildman–Crippen MR) is 131 cm³/mol. The fourth-order valence-electron chi connectivity index (χ4n) is 4.24. The number of fused-ring (bicyclic) bond motifs is 1. The molecule has 0 atom stereocenters. The summed E-state index contributed by atoms with van der Waals surface area (Å²) in [4.78, 5) is 13.5. The van der Waals surface area contributed by atoms with Crippen LogP contribution < -0.4 is 10.3 Å². The average molecular weight is 418 g/mol. The molecule has 0 fully saturated rings. The minimum absolute atomic E-state index is 0.128. The van der Waals surface area contributed by atoms with Crippen LogP contribution in [0.4, 0.5) is 0 Å². The molecule has 0 unspecified atom stereocenters. The van der Waals surface area contributed by atoms with Crippen molar-refractivity contribution >= 4 is 10.9 Å². The van der Waals surface area contributed by atoms with Crippen molar-refractivity contribution < 1.29 is 4.74 Å². The Balaban J connectivity index is 1.63. The standard InChI is InChI=1S/C29H23NO2/c1-32-28-27(24-12-6-3-7-13-24)25-14-8-9-15-26(25)30(29(28)31)20-21-16-18-23(19-17-21)22-10-4-2-5-11-22/h2-19H,20H2,1H3. The van der Waals surface area contributed by atoms with Crippen LogP contribution in [0.1, 0.15) is 5.56 Å². The molecule has 0 radical (unpaired) electrons. The molecule has 32 heavy (non-hydrogen) atoms. The van der Waals surface area contributed by atoms with Crippen molar-refractivity contribution in [2.24, 2.45) is 0 Å². The van der Waals surface area contributed by atoms with Crippen LogP contribution >= 0.6 is 0 Å². The zero-order chi connectivity index (χ0) is 21.9. The lowest BCUT2D eigenvalue weighted by Gasteiger charge is -2.17. The normalized spacial score (nSPS) is 10.9. The first-order valence-electron chi connectivity index (χ1n) is 10.7. The number of nitrogens with zero attached hydrogens (tertiary/aromatic N) is 1. The number of rotatable bonds is 5. The highest BCUT2D eigenvalue weighted by Crippen LogP contribution is 2.34. The molecule has 5 aromatic rings. The molecule has 1 aromatic heterocycles. The number of hydrogen-bond acceptors (Lipinski definition) is 2. The Kier molecular flexibility index (Phi) is 5.30. The van der Waals surface area contributed by atoms with Crippen molar-refractivity contribution in [2.75, 3.05) is 7.11 Å². The summed E-state index contributed by atoms with van der Waals surface area (Å²) in [5.74, 6) is 0.371. The van der Waals surface area contributed by atoms with Crippen molar-refractivity contribution in [3.8, 4) is 28.0 Å². The van der Waals surface area contributed by atoms with Crippen LogP contribution in [-0.2, 0) is 6.54 Å². The zero-order valence-electron chi connectivity index (χ0n) is 17.9. The first-order chi connectivity index (χ1) is 15.8. The summed E-state index contributed by atoms with van der Waals surface area (Å²) in [6.45, 7) is 0.472. The van der Waals surface area contributed by atoms with E-state index in [0.29, 0.717) is 12.3 Å². The fraction of sp³-hybridized carbons (Fsp3) is 0.0690. The first-order valence-corrected chi connectivity index (χ1v) is 10.7. The van der Waals surface area contributed by atoms with E-state index in [1.54, 1.807) is 11.7 Å². The van der Waals surface area contributed by atoms with Crippen LogP contribution in [-0.4, -0.2) is 11.7 Å². The minimum atomic E-state index is -0.128. The molecule has 1 heterocycles. The minimum Gasteiger partial charge on any atom is -0.491 e. The van der Waals surface area contributed by atoms with Gasteiger partial charge in [-0.1, -0.05) is 103 Å². The van der Waals surface area contributed by atoms with Crippen molar-refractivity contribution in [3.05, 3.63) is 125 Å². The Morgan fingerprint density at radius 3 is 1.88 bits per heavy atom. The average Bonchev–Trinajstić information content (AvgIpc) is 2.87. The summed E-state index contributed by atoms with van der Waals surface area (Å²) in [7, 11) is 1.57. The van der Waals surface area contributed by atoms with Gasteiger partial charge in [0.25, 0.3) is 5.56 Å². The summed E-state index contributed by atoms with van der Waals surface area (Å²) in [6.07, 6.45) is 0. The lowest BCUT2D eigenvalue weighted by atomic mass is 9.99. The van der Waals surface area contributed by atoms with Crippen molar-refractivity contribution in [1.82, 2.24) is 4.57 Å². The number of aromatic nitrogens is 1. The topological polar surface area (TPSA) is 31.2 Å². The van der Waals surface area contributed by atoms with Crippen molar-refractivity contribution in [1.29, 1.82) is 0 Å². The molecule has 0 aliphatic rings. The highest BCUT2D eigenvalue weighted by molar-refractivity contribution is 5.97. The van der Waals surface area contributed by atoms with Gasteiger partial charge >= 0.3 is 0 Å². The molecule has 0 aliphatic carbocycles. The Hall–Kier alpha value is -4.11. The third-order valence-corrected chi connectivity index (χ3v) is 5.80. The molecule has 0 bridgehead atoms. The second-order valence-corrected chi connectivity index (χ2v) is 7.75. The molecule has 0 saturated heterocycles. The first kappa shape index (κ1) is 19.8. The maximum absolute atomic E-state index is 13.5. The maximum Gasteiger partial charge on any atom is 0.294 e. The van der Waals surface area contributed by atoms with Gasteiger partial charge in [0.05, 0.1) is 19.2 Å². The SMILES string of the molecule is COc1c(-c2ccccc2)c2ccccc2n(Cc2ccc(-c3ccccc3)cc2)c1=O. The summed E-state index contributed by atoms with van der Waals surface area (Å²) in [6, 6.07) is 36.6. The smallest absolute Gasteiger partial charge is 0.294 e. The van der Waals surface area contributed by atoms with Gasteiger partial charge in [0.15, 0.2) is 5.75 Å². The van der Waals surface area contributed by atoms with Crippen molar-refractivity contribution in [2.45, 2.75) is 6.54 Å². The number of ether oxygens (including phenoxy) is 1. The maximum atomic E-state index is 13.5. The quantitative estimate of drug-likeness (QED) is 0.332. The van der Waals surface area contributed by atoms with Crippen LogP contribution in [0, 0.1) is 0 Å². The van der Waals surface area contributed by atoms with Gasteiger partial charge in [0.1, 0.15) is 0 Å². The van der Waals surface area contributed by atoms with E-state index in [0.717, 1.165) is 33.2 Å². The van der Waals surface area contributed by atoms with Gasteiger partial charge in [-0.25, -0.2) is 0 Å². The van der Waals surface area contributed by atoms with Gasteiger partial charge in [0, 0.05) is 10.9 Å². The van der Waals surface area contributed by atoms with Gasteiger partial charge in [-0.2, -0.15) is 0 Å². The Bertz CT molecular complexity index is 1420. The Morgan fingerprint density at radius 2 is 1.22 bits per heavy atom. The van der Waals surface area contributed by atoms with Gasteiger partial charge < -0.3 is 9.30 Å². The van der Waals surface area contributed by atoms with Gasteiger partial charge in [0.2, 0.25) is 0 Å². The highest BCUT2D eigenvalue weighted by atomic mass is 16.5. The predicted octanol–water partition coefficient (Wildman–Crippen LogP) is 6.39. The molecular formula is C29H23NO2. The molecule has 0 saturated carbocycles. The van der Waals surface area contributed by atoms with E-state index in [1.807, 2.05) is 66.7 Å².